The molecule has 0 aromatic heterocycles. The Balaban J connectivity index is 0.00000149. The molecule has 1 saturated carbocycles. The van der Waals surface area contributed by atoms with Gasteiger partial charge in [0.25, 0.3) is 0 Å². The number of rotatable bonds is 4. The molecule has 1 aromatic carbocycles. The molecule has 1 aromatic rings. The molecular weight excluding hydrogens is 414 g/mol. The Morgan fingerprint density at radius 1 is 1.24 bits per heavy atom. The van der Waals surface area contributed by atoms with Gasteiger partial charge in [0.15, 0.2) is 5.90 Å². The van der Waals surface area contributed by atoms with Gasteiger partial charge in [-0.2, -0.15) is 0 Å². The monoisotopic (exact) mass is 453 g/mol. The lowest BCUT2D eigenvalue weighted by Crippen LogP contribution is -2.57. The van der Waals surface area contributed by atoms with Crippen LogP contribution in [0.25, 0.3) is 0 Å². The number of oxime groups is 1. The summed E-state index contributed by atoms with van der Waals surface area (Å²) in [4.78, 5) is 13.7. The smallest absolute Gasteiger partial charge is 0.218 e. The second kappa shape index (κ2) is 12.0. The summed E-state index contributed by atoms with van der Waals surface area (Å²) in [6.45, 7) is 10.2. The molecule has 2 unspecified atom stereocenters. The summed E-state index contributed by atoms with van der Waals surface area (Å²) in [6.07, 6.45) is 6.81. The van der Waals surface area contributed by atoms with E-state index in [2.05, 4.69) is 63.6 Å². The molecule has 4 rings (SSSR count). The van der Waals surface area contributed by atoms with Gasteiger partial charge in [0, 0.05) is 25.2 Å². The number of aliphatic imine (C=N–C) groups is 3. The highest BCUT2D eigenvalue weighted by atomic mass is 16.5. The molecule has 2 heterocycles. The van der Waals surface area contributed by atoms with Gasteiger partial charge in [-0.05, 0) is 50.0 Å². The van der Waals surface area contributed by atoms with E-state index >= 15 is 0 Å². The normalized spacial score (nSPS) is 31.5. The molecule has 3 aliphatic rings. The third kappa shape index (κ3) is 6.21. The van der Waals surface area contributed by atoms with Crippen LogP contribution in [0, 0.1) is 11.3 Å². The minimum Gasteiger partial charge on any atom is -0.479 e. The molecule has 33 heavy (non-hydrogen) atoms. The van der Waals surface area contributed by atoms with Gasteiger partial charge in [0.2, 0.25) is 5.96 Å². The molecule has 1 aliphatic carbocycles. The molecule has 0 radical (unpaired) electrons. The van der Waals surface area contributed by atoms with Crippen molar-refractivity contribution in [1.82, 2.24) is 5.32 Å². The molecule has 2 aliphatic heterocycles. The van der Waals surface area contributed by atoms with Crippen molar-refractivity contribution in [2.24, 2.45) is 31.5 Å². The number of benzene rings is 1. The zero-order valence-corrected chi connectivity index (χ0v) is 20.5. The number of nitrogens with zero attached hydrogens (tertiary/aromatic N) is 4. The maximum absolute atomic E-state index is 9.70. The van der Waals surface area contributed by atoms with Crippen molar-refractivity contribution in [3.8, 4) is 0 Å². The molecule has 1 fully saturated rings. The summed E-state index contributed by atoms with van der Waals surface area (Å²) in [5.74, 6) is 2.41. The van der Waals surface area contributed by atoms with Gasteiger partial charge in [-0.1, -0.05) is 56.3 Å². The Hall–Kier alpha value is -2.70. The summed E-state index contributed by atoms with van der Waals surface area (Å²) >= 11 is 0. The highest BCUT2D eigenvalue weighted by molar-refractivity contribution is 6.09. The van der Waals surface area contributed by atoms with Crippen molar-refractivity contribution in [3.05, 3.63) is 35.9 Å². The van der Waals surface area contributed by atoms with Crippen LogP contribution in [0.3, 0.4) is 0 Å². The molecule has 7 nitrogen and oxygen atoms in total. The largest absolute Gasteiger partial charge is 0.479 e. The second-order valence-corrected chi connectivity index (χ2v) is 9.12. The van der Waals surface area contributed by atoms with E-state index in [1.165, 1.54) is 12.0 Å². The lowest BCUT2D eigenvalue weighted by Gasteiger charge is -2.45. The third-order valence-corrected chi connectivity index (χ3v) is 6.74. The molecule has 0 amide bonds. The average molecular weight is 454 g/mol. The predicted octanol–water partition coefficient (Wildman–Crippen LogP) is 5.06. The van der Waals surface area contributed by atoms with Crippen molar-refractivity contribution in [2.45, 2.75) is 71.8 Å². The van der Waals surface area contributed by atoms with Crippen LogP contribution in [0.4, 0.5) is 0 Å². The fraction of sp³-hybridized carbons (Fsp3) is 0.615. The van der Waals surface area contributed by atoms with Gasteiger partial charge >= 0.3 is 0 Å². The fourth-order valence-corrected chi connectivity index (χ4v) is 4.71. The first-order valence-corrected chi connectivity index (χ1v) is 12.4. The maximum atomic E-state index is 9.70. The predicted molar refractivity (Wildman–Crippen MR) is 136 cm³/mol. The minimum atomic E-state index is -0.415. The third-order valence-electron chi connectivity index (χ3n) is 6.74. The van der Waals surface area contributed by atoms with Gasteiger partial charge in [-0.25, -0.2) is 9.98 Å². The van der Waals surface area contributed by atoms with Crippen molar-refractivity contribution in [1.29, 1.82) is 0 Å². The van der Waals surface area contributed by atoms with Crippen molar-refractivity contribution in [2.75, 3.05) is 19.7 Å². The van der Waals surface area contributed by atoms with E-state index < -0.39 is 5.41 Å². The highest BCUT2D eigenvalue weighted by Crippen LogP contribution is 2.41. The number of fused-ring (bicyclic) bond motifs is 1. The van der Waals surface area contributed by atoms with Gasteiger partial charge in [-0.3, -0.25) is 4.99 Å². The number of guanidine groups is 1. The van der Waals surface area contributed by atoms with Crippen molar-refractivity contribution >= 4 is 23.8 Å². The van der Waals surface area contributed by atoms with Crippen LogP contribution < -0.4 is 5.32 Å². The Bertz CT molecular complexity index is 880. The zero-order chi connectivity index (χ0) is 23.7. The summed E-state index contributed by atoms with van der Waals surface area (Å²) < 4.78 is 5.85. The Labute approximate surface area is 198 Å². The SMILES string of the molecule is CC.C[C@@H]1CCCC(OCCN=C2N=C[C@]3(C)/C(=N/O)CC(c4ccccc4)CC3N2)=NC1. The Morgan fingerprint density at radius 2 is 2.03 bits per heavy atom. The first kappa shape index (κ1) is 24.9. The number of hydrogen-bond acceptors (Lipinski definition) is 5. The van der Waals surface area contributed by atoms with Crippen LogP contribution in [0.15, 0.2) is 50.5 Å². The fourth-order valence-electron chi connectivity index (χ4n) is 4.71. The Kier molecular flexibility index (Phi) is 9.03. The summed E-state index contributed by atoms with van der Waals surface area (Å²) in [7, 11) is 0. The van der Waals surface area contributed by atoms with Gasteiger partial charge < -0.3 is 15.3 Å². The lowest BCUT2D eigenvalue weighted by atomic mass is 9.65. The quantitative estimate of drug-likeness (QED) is 0.379. The number of ether oxygens (including phenoxy) is 1. The number of hydrogen-bond donors (Lipinski definition) is 2. The van der Waals surface area contributed by atoms with Crippen LogP contribution in [-0.4, -0.2) is 54.7 Å². The lowest BCUT2D eigenvalue weighted by molar-refractivity contribution is 0.286. The molecule has 0 bridgehead atoms. The van der Waals surface area contributed by atoms with Crippen LogP contribution in [0.2, 0.25) is 0 Å². The van der Waals surface area contributed by atoms with Gasteiger partial charge in [0.1, 0.15) is 6.61 Å². The molecule has 7 heteroatoms. The molecule has 2 N–H and O–H groups in total. The molecular formula is C26H39N5O2. The zero-order valence-electron chi connectivity index (χ0n) is 20.5. The van der Waals surface area contributed by atoms with E-state index in [4.69, 9.17) is 4.74 Å². The summed E-state index contributed by atoms with van der Waals surface area (Å²) in [5.41, 5.74) is 1.61. The Morgan fingerprint density at radius 3 is 2.79 bits per heavy atom. The molecule has 180 valence electrons. The maximum Gasteiger partial charge on any atom is 0.218 e. The van der Waals surface area contributed by atoms with E-state index in [1.807, 2.05) is 26.1 Å². The van der Waals surface area contributed by atoms with Crippen LogP contribution >= 0.6 is 0 Å². The van der Waals surface area contributed by atoms with Crippen LogP contribution in [0.1, 0.15) is 71.3 Å². The van der Waals surface area contributed by atoms with Crippen LogP contribution in [0.5, 0.6) is 0 Å². The topological polar surface area (TPSA) is 90.9 Å². The molecule has 4 atom stereocenters. The second-order valence-electron chi connectivity index (χ2n) is 9.12. The standard InChI is InChI=1S/C24H33N5O2.C2H6/c1-17-7-6-10-22(26-15-17)31-12-11-25-23-27-16-24(2)20(28-23)13-19(14-21(24)29-30)18-8-4-3-5-9-18;1-2/h3-5,8-9,16-17,19-20,30H,6-7,10-15H2,1-2H3,(H,25,28);1-2H3/b29-21+;/t17-,19?,20?,24+;/m1./s1. The van der Waals surface area contributed by atoms with E-state index in [0.29, 0.717) is 30.9 Å². The summed E-state index contributed by atoms with van der Waals surface area (Å²) in [5, 5.41) is 16.8. The van der Waals surface area contributed by atoms with E-state index in [1.54, 1.807) is 0 Å². The van der Waals surface area contributed by atoms with E-state index in [-0.39, 0.29) is 6.04 Å². The minimum absolute atomic E-state index is 0.0715. The molecule has 0 spiro atoms. The first-order chi connectivity index (χ1) is 16.1. The summed E-state index contributed by atoms with van der Waals surface area (Å²) in [6, 6.07) is 10.5. The van der Waals surface area contributed by atoms with E-state index in [0.717, 1.165) is 43.8 Å². The van der Waals surface area contributed by atoms with Crippen LogP contribution in [-0.2, 0) is 4.74 Å². The highest BCUT2D eigenvalue weighted by Gasteiger charge is 2.46. The van der Waals surface area contributed by atoms with Gasteiger partial charge in [-0.15, -0.1) is 0 Å². The molecule has 0 saturated heterocycles. The average Bonchev–Trinajstić information content (AvgIpc) is 3.07. The number of nitrogens with one attached hydrogen (secondary N) is 1. The van der Waals surface area contributed by atoms with E-state index in [9.17, 15) is 5.21 Å². The first-order valence-electron chi connectivity index (χ1n) is 12.4. The van der Waals surface area contributed by atoms with Crippen molar-refractivity contribution < 1.29 is 9.94 Å². The van der Waals surface area contributed by atoms with Crippen molar-refractivity contribution in [3.63, 3.8) is 0 Å². The van der Waals surface area contributed by atoms with Gasteiger partial charge in [0.05, 0.1) is 17.7 Å².